The molecule has 0 radical (unpaired) electrons. The number of imide groups is 1. The normalized spacial score (nSPS) is 13.9. The second-order valence-corrected chi connectivity index (χ2v) is 4.40. The first-order chi connectivity index (χ1) is 10.6. The van der Waals surface area contributed by atoms with Gasteiger partial charge in [-0.2, -0.15) is 0 Å². The molecular weight excluding hydrogens is 284 g/mol. The molecule has 1 aliphatic heterocycles. The van der Waals surface area contributed by atoms with Crippen molar-refractivity contribution in [3.8, 4) is 0 Å². The average Bonchev–Trinajstić information content (AvgIpc) is 2.82. The molecule has 1 unspecified atom stereocenters. The van der Waals surface area contributed by atoms with Crippen molar-refractivity contribution in [2.24, 2.45) is 0 Å². The molecule has 0 fully saturated rings. The summed E-state index contributed by atoms with van der Waals surface area (Å²) in [7, 11) is 1.43. The van der Waals surface area contributed by atoms with Crippen LogP contribution in [0, 0.1) is 0 Å². The summed E-state index contributed by atoms with van der Waals surface area (Å²) < 4.78 is 0. The summed E-state index contributed by atoms with van der Waals surface area (Å²) in [6.07, 6.45) is 0.883. The van der Waals surface area contributed by atoms with Crippen LogP contribution in [0.15, 0.2) is 24.3 Å². The fourth-order valence-electron chi connectivity index (χ4n) is 2.26. The summed E-state index contributed by atoms with van der Waals surface area (Å²) in [4.78, 5) is 47.8. The summed E-state index contributed by atoms with van der Waals surface area (Å²) in [5.41, 5.74) is 0.579. The van der Waals surface area contributed by atoms with E-state index in [1.165, 1.54) is 7.05 Å². The Morgan fingerprint density at radius 2 is 1.68 bits per heavy atom. The lowest BCUT2D eigenvalue weighted by molar-refractivity contribution is -0.124. The minimum Gasteiger partial charge on any atom is -0.357 e. The molecule has 1 aromatic rings. The second-order valence-electron chi connectivity index (χ2n) is 4.40. The van der Waals surface area contributed by atoms with Crippen LogP contribution in [-0.2, 0) is 9.59 Å². The van der Waals surface area contributed by atoms with Gasteiger partial charge in [0, 0.05) is 13.5 Å². The number of rotatable bonds is 5. The number of likely N-dealkylation sites (N-methyl/N-ethyl adjacent to an activating group) is 1. The molecule has 0 saturated heterocycles. The summed E-state index contributed by atoms with van der Waals surface area (Å²) in [6, 6.07) is 5.46. The van der Waals surface area contributed by atoms with E-state index >= 15 is 0 Å². The van der Waals surface area contributed by atoms with Crippen molar-refractivity contribution in [2.75, 3.05) is 7.05 Å². The fraction of sp³-hybridized carbons (Fsp3) is 0.375. The van der Waals surface area contributed by atoms with Crippen molar-refractivity contribution >= 4 is 24.0 Å². The summed E-state index contributed by atoms with van der Waals surface area (Å²) in [5, 5.41) is 2.42. The molecule has 118 valence electrons. The molecule has 0 aliphatic carbocycles. The van der Waals surface area contributed by atoms with Crippen LogP contribution in [0.4, 0.5) is 0 Å². The number of nitrogens with one attached hydrogen (secondary N) is 1. The third kappa shape index (κ3) is 3.21. The molecule has 0 spiro atoms. The Labute approximate surface area is 129 Å². The first kappa shape index (κ1) is 17.6. The maximum absolute atomic E-state index is 12.3. The largest absolute Gasteiger partial charge is 0.357 e. The lowest BCUT2D eigenvalue weighted by atomic mass is 10.1. The molecular formula is C16H20N2O4. The molecule has 0 aromatic heterocycles. The van der Waals surface area contributed by atoms with Gasteiger partial charge in [-0.15, -0.1) is 0 Å². The Bertz CT molecular complexity index is 548. The first-order valence-electron chi connectivity index (χ1n) is 7.24. The molecule has 6 nitrogen and oxygen atoms in total. The van der Waals surface area contributed by atoms with Crippen molar-refractivity contribution in [1.82, 2.24) is 10.2 Å². The van der Waals surface area contributed by atoms with E-state index in [0.29, 0.717) is 6.29 Å². The van der Waals surface area contributed by atoms with E-state index in [9.17, 15) is 19.2 Å². The zero-order chi connectivity index (χ0) is 16.7. The van der Waals surface area contributed by atoms with Crippen LogP contribution in [0.5, 0.6) is 0 Å². The molecule has 1 N–H and O–H groups in total. The predicted molar refractivity (Wildman–Crippen MR) is 81.4 cm³/mol. The van der Waals surface area contributed by atoms with Gasteiger partial charge in [0.1, 0.15) is 12.3 Å². The Morgan fingerprint density at radius 1 is 1.18 bits per heavy atom. The Hall–Kier alpha value is -2.50. The molecule has 1 aromatic carbocycles. The highest BCUT2D eigenvalue weighted by atomic mass is 16.2. The van der Waals surface area contributed by atoms with E-state index in [1.54, 1.807) is 24.3 Å². The average molecular weight is 304 g/mol. The van der Waals surface area contributed by atoms with Crippen molar-refractivity contribution in [2.45, 2.75) is 32.7 Å². The zero-order valence-corrected chi connectivity index (χ0v) is 13.0. The van der Waals surface area contributed by atoms with Gasteiger partial charge in [0.25, 0.3) is 11.8 Å². The quantitative estimate of drug-likeness (QED) is 0.658. The standard InChI is InChI=1S/C14H14N2O4.C2H6/c1-15-12(18)11(7-4-8-17)16-13(19)9-5-2-3-6-10(9)14(16)20;1-2/h2-3,5-6,8,11H,4,7H2,1H3,(H,15,18);1-2H3. The third-order valence-corrected chi connectivity index (χ3v) is 3.24. The van der Waals surface area contributed by atoms with Crippen LogP contribution < -0.4 is 5.32 Å². The summed E-state index contributed by atoms with van der Waals surface area (Å²) >= 11 is 0. The van der Waals surface area contributed by atoms with E-state index in [-0.39, 0.29) is 24.0 Å². The van der Waals surface area contributed by atoms with Crippen molar-refractivity contribution in [3.05, 3.63) is 35.4 Å². The number of carbonyl (C=O) groups is 4. The van der Waals surface area contributed by atoms with Crippen molar-refractivity contribution in [3.63, 3.8) is 0 Å². The molecule has 1 aliphatic rings. The number of hydrogen-bond donors (Lipinski definition) is 1. The minimum absolute atomic E-state index is 0.103. The molecule has 0 bridgehead atoms. The smallest absolute Gasteiger partial charge is 0.262 e. The minimum atomic E-state index is -0.961. The van der Waals surface area contributed by atoms with Gasteiger partial charge in [-0.25, -0.2) is 0 Å². The van der Waals surface area contributed by atoms with Gasteiger partial charge in [-0.05, 0) is 18.6 Å². The Morgan fingerprint density at radius 3 is 2.09 bits per heavy atom. The maximum Gasteiger partial charge on any atom is 0.262 e. The lowest BCUT2D eigenvalue weighted by Crippen LogP contribution is -2.48. The van der Waals surface area contributed by atoms with Gasteiger partial charge in [0.15, 0.2) is 0 Å². The zero-order valence-electron chi connectivity index (χ0n) is 13.0. The van der Waals surface area contributed by atoms with E-state index in [1.807, 2.05) is 13.8 Å². The number of amides is 3. The lowest BCUT2D eigenvalue weighted by Gasteiger charge is -2.24. The number of benzene rings is 1. The topological polar surface area (TPSA) is 83.6 Å². The monoisotopic (exact) mass is 304 g/mol. The third-order valence-electron chi connectivity index (χ3n) is 3.24. The SMILES string of the molecule is CC.CNC(=O)C(CCC=O)N1C(=O)c2ccccc2C1=O. The number of nitrogens with zero attached hydrogens (tertiary/aromatic N) is 1. The van der Waals surface area contributed by atoms with Crippen LogP contribution in [-0.4, -0.2) is 42.0 Å². The van der Waals surface area contributed by atoms with E-state index in [0.717, 1.165) is 4.90 Å². The van der Waals surface area contributed by atoms with Crippen LogP contribution in [0.25, 0.3) is 0 Å². The van der Waals surface area contributed by atoms with Crippen LogP contribution in [0.1, 0.15) is 47.4 Å². The number of hydrogen-bond acceptors (Lipinski definition) is 4. The Kier molecular flexibility index (Phi) is 6.44. The molecule has 0 saturated carbocycles. The highest BCUT2D eigenvalue weighted by Crippen LogP contribution is 2.25. The van der Waals surface area contributed by atoms with Crippen LogP contribution in [0.3, 0.4) is 0 Å². The van der Waals surface area contributed by atoms with Crippen molar-refractivity contribution in [1.29, 1.82) is 0 Å². The van der Waals surface area contributed by atoms with E-state index in [2.05, 4.69) is 5.32 Å². The van der Waals surface area contributed by atoms with Crippen LogP contribution in [0.2, 0.25) is 0 Å². The molecule has 1 atom stereocenters. The Balaban J connectivity index is 0.00000116. The van der Waals surface area contributed by atoms with Gasteiger partial charge in [-0.3, -0.25) is 19.3 Å². The molecule has 1 heterocycles. The number of carbonyl (C=O) groups excluding carboxylic acids is 4. The second kappa shape index (κ2) is 8.07. The van der Waals surface area contributed by atoms with Gasteiger partial charge in [0.2, 0.25) is 5.91 Å². The van der Waals surface area contributed by atoms with Gasteiger partial charge in [-0.1, -0.05) is 26.0 Å². The predicted octanol–water partition coefficient (Wildman–Crippen LogP) is 1.40. The highest BCUT2D eigenvalue weighted by molar-refractivity contribution is 6.22. The summed E-state index contributed by atoms with van der Waals surface area (Å²) in [6.45, 7) is 4.00. The molecule has 22 heavy (non-hydrogen) atoms. The highest BCUT2D eigenvalue weighted by Gasteiger charge is 2.41. The summed E-state index contributed by atoms with van der Waals surface area (Å²) in [5.74, 6) is -1.45. The molecule has 3 amide bonds. The van der Waals surface area contributed by atoms with Crippen LogP contribution >= 0.6 is 0 Å². The van der Waals surface area contributed by atoms with E-state index in [4.69, 9.17) is 0 Å². The molecule has 6 heteroatoms. The van der Waals surface area contributed by atoms with Crippen molar-refractivity contribution < 1.29 is 19.2 Å². The van der Waals surface area contributed by atoms with E-state index < -0.39 is 23.8 Å². The van der Waals surface area contributed by atoms with Gasteiger partial charge in [0.05, 0.1) is 11.1 Å². The number of fused-ring (bicyclic) bond motifs is 1. The number of aldehydes is 1. The first-order valence-corrected chi connectivity index (χ1v) is 7.24. The van der Waals surface area contributed by atoms with Gasteiger partial charge < -0.3 is 10.1 Å². The fourth-order valence-corrected chi connectivity index (χ4v) is 2.26. The molecule has 2 rings (SSSR count). The maximum atomic E-state index is 12.3. The van der Waals surface area contributed by atoms with Gasteiger partial charge >= 0.3 is 0 Å².